The first kappa shape index (κ1) is 14.8. The van der Waals surface area contributed by atoms with Crippen molar-refractivity contribution < 1.29 is 10.2 Å². The molecule has 0 spiro atoms. The van der Waals surface area contributed by atoms with E-state index < -0.39 is 0 Å². The molecule has 0 atom stereocenters. The van der Waals surface area contributed by atoms with Crippen molar-refractivity contribution >= 4 is 22.8 Å². The third-order valence-corrected chi connectivity index (χ3v) is 2.85. The largest absolute Gasteiger partial charge is 0.508 e. The van der Waals surface area contributed by atoms with Gasteiger partial charge >= 0.3 is 0 Å². The number of rotatable bonds is 4. The highest BCUT2D eigenvalue weighted by Gasteiger charge is 1.99. The molecule has 2 N–H and O–H groups in total. The van der Waals surface area contributed by atoms with Crippen LogP contribution < -0.4 is 0 Å². The number of phenols is 2. The van der Waals surface area contributed by atoms with Crippen LogP contribution in [-0.2, 0) is 0 Å². The van der Waals surface area contributed by atoms with Crippen LogP contribution in [0.25, 0.3) is 0 Å². The Kier molecular flexibility index (Phi) is 4.72. The van der Waals surface area contributed by atoms with Gasteiger partial charge in [0.15, 0.2) is 0 Å². The van der Waals surface area contributed by atoms with Crippen LogP contribution in [0.5, 0.6) is 11.5 Å². The van der Waals surface area contributed by atoms with E-state index in [4.69, 9.17) is 0 Å². The van der Waals surface area contributed by atoms with E-state index in [0.29, 0.717) is 6.42 Å². The molecule has 0 radical (unpaired) electrons. The fourth-order valence-corrected chi connectivity index (χ4v) is 1.94. The number of nitrogens with zero attached hydrogens (tertiary/aromatic N) is 2. The van der Waals surface area contributed by atoms with Crippen molar-refractivity contribution in [3.8, 4) is 11.5 Å². The minimum atomic E-state index is 0.233. The third-order valence-electron chi connectivity index (χ3n) is 2.85. The smallest absolute Gasteiger partial charge is 0.115 e. The molecule has 108 valence electrons. The van der Waals surface area contributed by atoms with Gasteiger partial charge in [0.25, 0.3) is 0 Å². The van der Waals surface area contributed by atoms with Gasteiger partial charge in [0.2, 0.25) is 0 Å². The summed E-state index contributed by atoms with van der Waals surface area (Å²) in [4.78, 5) is 8.96. The van der Waals surface area contributed by atoms with Crippen LogP contribution in [0.4, 0.5) is 11.4 Å². The molecule has 4 nitrogen and oxygen atoms in total. The maximum atomic E-state index is 9.23. The molecule has 0 saturated heterocycles. The van der Waals surface area contributed by atoms with Crippen LogP contribution in [0, 0.1) is 0 Å². The molecule has 0 aliphatic heterocycles. The Labute approximate surface area is 124 Å². The molecule has 0 amide bonds. The van der Waals surface area contributed by atoms with Gasteiger partial charge in [0.1, 0.15) is 11.5 Å². The summed E-state index contributed by atoms with van der Waals surface area (Å²) >= 11 is 0. The topological polar surface area (TPSA) is 65.2 Å². The van der Waals surface area contributed by atoms with Crippen LogP contribution in [0.2, 0.25) is 0 Å². The maximum Gasteiger partial charge on any atom is 0.115 e. The summed E-state index contributed by atoms with van der Waals surface area (Å²) in [6.07, 6.45) is 0.668. The van der Waals surface area contributed by atoms with Crippen molar-refractivity contribution in [1.29, 1.82) is 0 Å². The fourth-order valence-electron chi connectivity index (χ4n) is 1.94. The van der Waals surface area contributed by atoms with Crippen molar-refractivity contribution in [3.63, 3.8) is 0 Å². The molecule has 0 aromatic heterocycles. The summed E-state index contributed by atoms with van der Waals surface area (Å²) in [7, 11) is 0. The zero-order valence-corrected chi connectivity index (χ0v) is 12.1. The maximum absolute atomic E-state index is 9.23. The average Bonchev–Trinajstić information content (AvgIpc) is 2.44. The highest BCUT2D eigenvalue weighted by molar-refractivity contribution is 6.04. The Balaban J connectivity index is 2.05. The number of aliphatic imine (C=N–C) groups is 2. The Hall–Kier alpha value is -2.62. The van der Waals surface area contributed by atoms with E-state index in [-0.39, 0.29) is 11.5 Å². The van der Waals surface area contributed by atoms with E-state index in [9.17, 15) is 10.2 Å². The van der Waals surface area contributed by atoms with Gasteiger partial charge in [0.05, 0.1) is 11.4 Å². The van der Waals surface area contributed by atoms with E-state index in [1.165, 1.54) is 0 Å². The van der Waals surface area contributed by atoms with Crippen molar-refractivity contribution in [2.45, 2.75) is 20.3 Å². The van der Waals surface area contributed by atoms with E-state index in [1.54, 1.807) is 48.5 Å². The minimum absolute atomic E-state index is 0.233. The second-order valence-electron chi connectivity index (χ2n) is 4.90. The van der Waals surface area contributed by atoms with Crippen molar-refractivity contribution in [3.05, 3.63) is 48.5 Å². The molecular formula is C17H18N2O2. The van der Waals surface area contributed by atoms with Gasteiger partial charge in [-0.05, 0) is 62.4 Å². The van der Waals surface area contributed by atoms with E-state index in [2.05, 4.69) is 9.98 Å². The first-order valence-electron chi connectivity index (χ1n) is 6.69. The monoisotopic (exact) mass is 282 g/mol. The molecular weight excluding hydrogens is 264 g/mol. The summed E-state index contributed by atoms with van der Waals surface area (Å²) in [5.41, 5.74) is 3.51. The van der Waals surface area contributed by atoms with Gasteiger partial charge in [0, 0.05) is 17.8 Å². The van der Waals surface area contributed by atoms with E-state index >= 15 is 0 Å². The quantitative estimate of drug-likeness (QED) is 0.818. The number of hydrogen-bond acceptors (Lipinski definition) is 4. The Morgan fingerprint density at radius 3 is 1.38 bits per heavy atom. The van der Waals surface area contributed by atoms with Crippen LogP contribution in [0.15, 0.2) is 58.5 Å². The van der Waals surface area contributed by atoms with Crippen molar-refractivity contribution in [2.24, 2.45) is 9.98 Å². The van der Waals surface area contributed by atoms with Crippen LogP contribution >= 0.6 is 0 Å². The molecule has 0 saturated carbocycles. The predicted molar refractivity (Wildman–Crippen MR) is 86.4 cm³/mol. The van der Waals surface area contributed by atoms with Crippen molar-refractivity contribution in [1.82, 2.24) is 0 Å². The highest BCUT2D eigenvalue weighted by Crippen LogP contribution is 2.19. The van der Waals surface area contributed by atoms with Crippen LogP contribution in [0.1, 0.15) is 20.3 Å². The first-order valence-corrected chi connectivity index (χ1v) is 6.69. The predicted octanol–water partition coefficient (Wildman–Crippen LogP) is 4.37. The summed E-state index contributed by atoms with van der Waals surface area (Å²) in [5.74, 6) is 0.466. The SMILES string of the molecule is CC(CC(C)=Nc1ccc(O)cc1)=Nc1ccc(O)cc1. The van der Waals surface area contributed by atoms with Gasteiger partial charge in [-0.15, -0.1) is 0 Å². The van der Waals surface area contributed by atoms with Gasteiger partial charge in [-0.3, -0.25) is 9.98 Å². The van der Waals surface area contributed by atoms with E-state index in [1.807, 2.05) is 13.8 Å². The Morgan fingerprint density at radius 2 is 1.05 bits per heavy atom. The van der Waals surface area contributed by atoms with Crippen molar-refractivity contribution in [2.75, 3.05) is 0 Å². The zero-order chi connectivity index (χ0) is 15.2. The minimum Gasteiger partial charge on any atom is -0.508 e. The summed E-state index contributed by atoms with van der Waals surface area (Å²) < 4.78 is 0. The van der Waals surface area contributed by atoms with Gasteiger partial charge in [-0.25, -0.2) is 0 Å². The number of aromatic hydroxyl groups is 2. The molecule has 0 unspecified atom stereocenters. The third kappa shape index (κ3) is 4.76. The fraction of sp³-hybridized carbons (Fsp3) is 0.176. The summed E-state index contributed by atoms with van der Waals surface area (Å²) in [5, 5.41) is 18.5. The highest BCUT2D eigenvalue weighted by atomic mass is 16.3. The van der Waals surface area contributed by atoms with Gasteiger partial charge in [-0.2, -0.15) is 0 Å². The number of phenolic OH excluding ortho intramolecular Hbond substituents is 2. The average molecular weight is 282 g/mol. The van der Waals surface area contributed by atoms with Crippen LogP contribution in [-0.4, -0.2) is 21.6 Å². The van der Waals surface area contributed by atoms with Gasteiger partial charge in [-0.1, -0.05) is 0 Å². The zero-order valence-electron chi connectivity index (χ0n) is 12.1. The molecule has 2 aromatic carbocycles. The molecule has 21 heavy (non-hydrogen) atoms. The summed E-state index contributed by atoms with van der Waals surface area (Å²) in [6, 6.07) is 13.5. The molecule has 0 aliphatic carbocycles. The van der Waals surface area contributed by atoms with Gasteiger partial charge < -0.3 is 10.2 Å². The molecule has 0 bridgehead atoms. The molecule has 0 fully saturated rings. The molecule has 0 heterocycles. The summed E-state index contributed by atoms with van der Waals surface area (Å²) in [6.45, 7) is 3.89. The number of benzene rings is 2. The lowest BCUT2D eigenvalue weighted by molar-refractivity contribution is 0.475. The Bertz CT molecular complexity index is 597. The Morgan fingerprint density at radius 1 is 0.714 bits per heavy atom. The molecule has 4 heteroatoms. The molecule has 2 rings (SSSR count). The second-order valence-corrected chi connectivity index (χ2v) is 4.90. The second kappa shape index (κ2) is 6.70. The lowest BCUT2D eigenvalue weighted by atomic mass is 10.2. The molecule has 2 aromatic rings. The standard InChI is InChI=1S/C17H18N2O2/c1-12(18-14-3-7-16(20)8-4-14)11-13(2)19-15-5-9-17(21)10-6-15/h3-10,20-21H,11H2,1-2H3. The van der Waals surface area contributed by atoms with Crippen LogP contribution in [0.3, 0.4) is 0 Å². The first-order chi connectivity index (χ1) is 10.0. The number of hydrogen-bond donors (Lipinski definition) is 2. The molecule has 0 aliphatic rings. The lowest BCUT2D eigenvalue weighted by Crippen LogP contribution is -1.99. The van der Waals surface area contributed by atoms with E-state index in [0.717, 1.165) is 22.8 Å². The normalized spacial score (nSPS) is 12.5. The lowest BCUT2D eigenvalue weighted by Gasteiger charge is -2.02.